The molecular weight excluding hydrogens is 188 g/mol. The van der Waals surface area contributed by atoms with E-state index >= 15 is 0 Å². The van der Waals surface area contributed by atoms with Crippen LogP contribution in [0.2, 0.25) is 0 Å². The van der Waals surface area contributed by atoms with Crippen molar-refractivity contribution >= 4 is 11.8 Å². The van der Waals surface area contributed by atoms with E-state index in [2.05, 4.69) is 6.92 Å². The Labute approximate surface area is 83.1 Å². The Bertz CT molecular complexity index is 199. The van der Waals surface area contributed by atoms with E-state index in [0.29, 0.717) is 18.0 Å². The van der Waals surface area contributed by atoms with Crippen LogP contribution in [-0.4, -0.2) is 49.6 Å². The number of hydrogen-bond donors (Lipinski definition) is 0. The van der Waals surface area contributed by atoms with E-state index in [4.69, 9.17) is 14.2 Å². The highest BCUT2D eigenvalue weighted by atomic mass is 32.2. The topological polar surface area (TPSA) is 27.7 Å². The third-order valence-electron chi connectivity index (χ3n) is 2.86. The minimum atomic E-state index is -0.182. The highest BCUT2D eigenvalue weighted by Crippen LogP contribution is 2.48. The molecule has 2 bridgehead atoms. The van der Waals surface area contributed by atoms with Gasteiger partial charge in [0.2, 0.25) is 0 Å². The number of thioether (sulfide) groups is 1. The Balaban J connectivity index is 2.17. The molecule has 76 valence electrons. The van der Waals surface area contributed by atoms with Gasteiger partial charge in [0, 0.05) is 20.0 Å². The van der Waals surface area contributed by atoms with Gasteiger partial charge in [-0.3, -0.25) is 0 Å². The van der Waals surface area contributed by atoms with E-state index in [1.807, 2.05) is 11.8 Å². The minimum Gasteiger partial charge on any atom is -0.382 e. The number of fused-ring (bicyclic) bond motifs is 2. The van der Waals surface area contributed by atoms with Crippen molar-refractivity contribution in [2.24, 2.45) is 0 Å². The van der Waals surface area contributed by atoms with Crippen LogP contribution in [0, 0.1) is 0 Å². The summed E-state index contributed by atoms with van der Waals surface area (Å²) < 4.78 is 16.6. The fraction of sp³-hybridized carbons (Fsp3) is 1.00. The second-order valence-electron chi connectivity index (χ2n) is 3.75. The van der Waals surface area contributed by atoms with Crippen molar-refractivity contribution in [2.75, 3.05) is 26.6 Å². The highest BCUT2D eigenvalue weighted by Gasteiger charge is 2.59. The fourth-order valence-corrected chi connectivity index (χ4v) is 4.03. The summed E-state index contributed by atoms with van der Waals surface area (Å²) in [4.78, 5) is 0. The Morgan fingerprint density at radius 2 is 2.31 bits per heavy atom. The van der Waals surface area contributed by atoms with Crippen molar-refractivity contribution in [3.05, 3.63) is 0 Å². The molecule has 13 heavy (non-hydrogen) atoms. The lowest BCUT2D eigenvalue weighted by atomic mass is 10.00. The zero-order valence-corrected chi connectivity index (χ0v) is 9.10. The summed E-state index contributed by atoms with van der Waals surface area (Å²) in [5.74, 6) is 0.994. The molecular formula is C9H16O3S. The molecule has 0 N–H and O–H groups in total. The molecule has 2 fully saturated rings. The maximum Gasteiger partial charge on any atom is 0.128 e. The standard InChI is InChI=1S/C9H16O3S/c1-6-7-8(11-3)9(12-6,4-10-2)5-13-7/h6-8H,4-5H2,1-3H3/t6-,7+,8-,9-/m0/s1. The van der Waals surface area contributed by atoms with Crippen molar-refractivity contribution in [2.45, 2.75) is 30.0 Å². The van der Waals surface area contributed by atoms with E-state index in [1.165, 1.54) is 0 Å². The quantitative estimate of drug-likeness (QED) is 0.683. The highest BCUT2D eigenvalue weighted by molar-refractivity contribution is 8.00. The van der Waals surface area contributed by atoms with Gasteiger partial charge in [0.25, 0.3) is 0 Å². The number of hydrogen-bond acceptors (Lipinski definition) is 4. The van der Waals surface area contributed by atoms with Gasteiger partial charge in [0.1, 0.15) is 11.7 Å². The smallest absolute Gasteiger partial charge is 0.128 e. The van der Waals surface area contributed by atoms with Crippen LogP contribution in [0.1, 0.15) is 6.92 Å². The maximum atomic E-state index is 5.92. The van der Waals surface area contributed by atoms with Crippen molar-refractivity contribution in [1.82, 2.24) is 0 Å². The molecule has 0 aromatic heterocycles. The molecule has 2 aliphatic heterocycles. The summed E-state index contributed by atoms with van der Waals surface area (Å²) >= 11 is 1.94. The van der Waals surface area contributed by atoms with Gasteiger partial charge >= 0.3 is 0 Å². The van der Waals surface area contributed by atoms with Gasteiger partial charge in [-0.1, -0.05) is 0 Å². The Morgan fingerprint density at radius 1 is 1.54 bits per heavy atom. The summed E-state index contributed by atoms with van der Waals surface area (Å²) in [6.07, 6.45) is 0.492. The maximum absolute atomic E-state index is 5.92. The van der Waals surface area contributed by atoms with Crippen LogP contribution in [0.15, 0.2) is 0 Å². The lowest BCUT2D eigenvalue weighted by molar-refractivity contribution is -0.107. The molecule has 2 aliphatic rings. The predicted octanol–water partition coefficient (Wildman–Crippen LogP) is 0.921. The predicted molar refractivity (Wildman–Crippen MR) is 52.2 cm³/mol. The molecule has 3 nitrogen and oxygen atoms in total. The lowest BCUT2D eigenvalue weighted by Gasteiger charge is -2.29. The summed E-state index contributed by atoms with van der Waals surface area (Å²) in [7, 11) is 3.47. The van der Waals surface area contributed by atoms with Crippen LogP contribution >= 0.6 is 11.8 Å². The van der Waals surface area contributed by atoms with E-state index in [0.717, 1.165) is 5.75 Å². The molecule has 0 aromatic carbocycles. The van der Waals surface area contributed by atoms with E-state index in [1.54, 1.807) is 14.2 Å². The summed E-state index contributed by atoms with van der Waals surface area (Å²) in [5, 5.41) is 0.486. The Kier molecular flexibility index (Phi) is 2.57. The molecule has 2 saturated heterocycles. The Hall–Kier alpha value is 0.230. The second-order valence-corrected chi connectivity index (χ2v) is 4.92. The van der Waals surface area contributed by atoms with Crippen LogP contribution in [0.5, 0.6) is 0 Å². The number of methoxy groups -OCH3 is 2. The first kappa shape index (κ1) is 9.77. The molecule has 4 atom stereocenters. The summed E-state index contributed by atoms with van der Waals surface area (Å²) in [6.45, 7) is 2.75. The first-order valence-electron chi connectivity index (χ1n) is 4.54. The molecule has 0 aliphatic carbocycles. The minimum absolute atomic E-state index is 0.182. The molecule has 0 aromatic rings. The van der Waals surface area contributed by atoms with Gasteiger partial charge in [-0.05, 0) is 6.92 Å². The first-order chi connectivity index (χ1) is 6.23. The van der Waals surface area contributed by atoms with Crippen LogP contribution in [0.3, 0.4) is 0 Å². The molecule has 4 heteroatoms. The van der Waals surface area contributed by atoms with Crippen molar-refractivity contribution in [1.29, 1.82) is 0 Å². The van der Waals surface area contributed by atoms with Crippen LogP contribution in [0.4, 0.5) is 0 Å². The first-order valence-corrected chi connectivity index (χ1v) is 5.59. The Morgan fingerprint density at radius 3 is 2.85 bits per heavy atom. The van der Waals surface area contributed by atoms with Crippen molar-refractivity contribution < 1.29 is 14.2 Å². The van der Waals surface area contributed by atoms with Gasteiger partial charge in [-0.15, -0.1) is 11.8 Å². The average molecular weight is 204 g/mol. The normalized spacial score (nSPS) is 48.7. The van der Waals surface area contributed by atoms with Gasteiger partial charge in [0.05, 0.1) is 18.0 Å². The third kappa shape index (κ3) is 1.31. The SMILES string of the molecule is COC[C@@]12CS[C@H]([C@H](C)O1)[C@@H]2OC. The monoisotopic (exact) mass is 204 g/mol. The average Bonchev–Trinajstić information content (AvgIpc) is 2.55. The van der Waals surface area contributed by atoms with Crippen LogP contribution in [-0.2, 0) is 14.2 Å². The van der Waals surface area contributed by atoms with E-state index in [9.17, 15) is 0 Å². The van der Waals surface area contributed by atoms with E-state index in [-0.39, 0.29) is 11.7 Å². The van der Waals surface area contributed by atoms with Crippen LogP contribution in [0.25, 0.3) is 0 Å². The zero-order chi connectivity index (χ0) is 9.47. The van der Waals surface area contributed by atoms with Crippen molar-refractivity contribution in [3.8, 4) is 0 Å². The van der Waals surface area contributed by atoms with Gasteiger partial charge in [-0.25, -0.2) is 0 Å². The molecule has 0 radical (unpaired) electrons. The molecule has 0 amide bonds. The molecule has 0 unspecified atom stereocenters. The second kappa shape index (κ2) is 3.42. The zero-order valence-electron chi connectivity index (χ0n) is 8.28. The summed E-state index contributed by atoms with van der Waals surface area (Å²) in [6, 6.07) is 0. The van der Waals surface area contributed by atoms with Gasteiger partial charge in [-0.2, -0.15) is 0 Å². The third-order valence-corrected chi connectivity index (χ3v) is 4.53. The fourth-order valence-electron chi connectivity index (χ4n) is 2.38. The summed E-state index contributed by atoms with van der Waals surface area (Å²) in [5.41, 5.74) is -0.182. The number of rotatable bonds is 3. The van der Waals surface area contributed by atoms with Crippen molar-refractivity contribution in [3.63, 3.8) is 0 Å². The molecule has 2 heterocycles. The largest absolute Gasteiger partial charge is 0.382 e. The van der Waals surface area contributed by atoms with E-state index < -0.39 is 0 Å². The lowest BCUT2D eigenvalue weighted by Crippen LogP contribution is -2.45. The molecule has 2 rings (SSSR count). The number of ether oxygens (including phenoxy) is 3. The molecule has 0 saturated carbocycles. The molecule has 0 spiro atoms. The van der Waals surface area contributed by atoms with Crippen LogP contribution < -0.4 is 0 Å². The van der Waals surface area contributed by atoms with Gasteiger partial charge < -0.3 is 14.2 Å². The van der Waals surface area contributed by atoms with Gasteiger partial charge in [0.15, 0.2) is 0 Å².